The van der Waals surface area contributed by atoms with Crippen LogP contribution in [0.4, 0.5) is 4.79 Å². The highest BCUT2D eigenvalue weighted by molar-refractivity contribution is 5.69. The molecule has 0 rings (SSSR count). The van der Waals surface area contributed by atoms with Gasteiger partial charge in [-0.3, -0.25) is 0 Å². The lowest BCUT2D eigenvalue weighted by Gasteiger charge is -1.62. The fraction of sp³-hybridized carbons (Fsp3) is 0. The van der Waals surface area contributed by atoms with Crippen molar-refractivity contribution in [1.29, 1.82) is 0 Å². The third-order valence-corrected chi connectivity index (χ3v) is 0. The molecule has 0 aromatic carbocycles. The predicted molar refractivity (Wildman–Crippen MR) is 22.4 cm³/mol. The van der Waals surface area contributed by atoms with Crippen LogP contribution < -0.4 is 11.5 Å². The first-order valence-corrected chi connectivity index (χ1v) is 1.19. The number of nitrogens with two attached hydrogens (primary N) is 2. The highest BCUT2D eigenvalue weighted by atomic mass is 16.2. The molecule has 0 bridgehead atoms. The Labute approximate surface area is 44.8 Å². The van der Waals surface area contributed by atoms with Crippen molar-refractivity contribution in [2.75, 3.05) is 0 Å². The summed E-state index contributed by atoms with van der Waals surface area (Å²) < 4.78 is 0. The van der Waals surface area contributed by atoms with Crippen LogP contribution in [0.5, 0.6) is 0 Å². The van der Waals surface area contributed by atoms with E-state index < -0.39 is 6.03 Å². The monoisotopic (exact) mass is 122 g/mol. The van der Waals surface area contributed by atoms with E-state index >= 15 is 0 Å². The minimum atomic E-state index is -0.833. The van der Waals surface area contributed by atoms with Crippen LogP contribution in [0.3, 0.4) is 0 Å². The lowest BCUT2D eigenvalue weighted by atomic mass is 11.2. The van der Waals surface area contributed by atoms with E-state index in [-0.39, 0.29) is 11.6 Å². The Morgan fingerprint density at radius 2 is 1.25 bits per heavy atom. The number of amides is 2. The van der Waals surface area contributed by atoms with Gasteiger partial charge in [-0.25, -0.2) is 4.79 Å². The van der Waals surface area contributed by atoms with E-state index in [1.54, 1.807) is 0 Å². The average Bonchev–Trinajstić information content (AvgIpc) is 1.33. The Balaban J connectivity index is -0.0000000575. The zero-order chi connectivity index (χ0) is 6.28. The van der Waals surface area contributed by atoms with E-state index in [4.69, 9.17) is 14.4 Å². The van der Waals surface area contributed by atoms with Gasteiger partial charge in [0.1, 0.15) is 0 Å². The van der Waals surface area contributed by atoms with Crippen LogP contribution in [-0.2, 0) is 9.59 Å². The van der Waals surface area contributed by atoms with E-state index in [1.807, 2.05) is 0 Å². The summed E-state index contributed by atoms with van der Waals surface area (Å²) in [6.07, 6.45) is 0.250. The molecular formula is C2H6N2O4. The van der Waals surface area contributed by atoms with E-state index in [0.717, 1.165) is 0 Å². The van der Waals surface area contributed by atoms with Crippen LogP contribution in [0.2, 0.25) is 0 Å². The first-order valence-electron chi connectivity index (χ1n) is 1.19. The maximum atomic E-state index is 9.00. The Morgan fingerprint density at radius 3 is 1.25 bits per heavy atom. The maximum Gasteiger partial charge on any atom is 0.373 e. The van der Waals surface area contributed by atoms with Crippen molar-refractivity contribution in [1.82, 2.24) is 0 Å². The molecule has 6 heteroatoms. The largest absolute Gasteiger partial charge is 0.412 e. The third-order valence-electron chi connectivity index (χ3n) is 0. The Kier molecular flexibility index (Phi) is 34.9. The number of primary amides is 2. The first kappa shape index (κ1) is 16.0. The summed E-state index contributed by atoms with van der Waals surface area (Å²) in [6, 6.07) is -0.833. The van der Waals surface area contributed by atoms with Gasteiger partial charge in [-0.15, -0.1) is 0 Å². The quantitative estimate of drug-likeness (QED) is 0.371. The molecule has 48 valence electrons. The summed E-state index contributed by atoms with van der Waals surface area (Å²) in [6.45, 7) is 0. The van der Waals surface area contributed by atoms with E-state index in [1.165, 1.54) is 0 Å². The minimum Gasteiger partial charge on any atom is -0.412 e. The molecule has 0 aromatic rings. The standard InChI is InChI=1S/CH4N2O.CO2.H2O/c2-1(3)4;2-1-3;/h(H4,2,3,4);;1H2. The number of carbonyl (C=O) groups excluding carboxylic acids is 3. The number of urea groups is 1. The Bertz CT molecular complexity index is 80.0. The topological polar surface area (TPSA) is 135 Å². The molecule has 0 atom stereocenters. The molecule has 0 heterocycles. The lowest BCUT2D eigenvalue weighted by Crippen LogP contribution is -2.18. The predicted octanol–water partition coefficient (Wildman–Crippen LogP) is -2.38. The second kappa shape index (κ2) is 17.5. The van der Waals surface area contributed by atoms with E-state index in [0.29, 0.717) is 0 Å². The van der Waals surface area contributed by atoms with Crippen LogP contribution in [0.1, 0.15) is 0 Å². The fourth-order valence-electron chi connectivity index (χ4n) is 0. The molecule has 0 radical (unpaired) electrons. The summed E-state index contributed by atoms with van der Waals surface area (Å²) >= 11 is 0. The molecule has 0 aliphatic carbocycles. The zero-order valence-corrected chi connectivity index (χ0v) is 3.88. The molecule has 6 nitrogen and oxygen atoms in total. The molecule has 0 fully saturated rings. The molecule has 6 N–H and O–H groups in total. The van der Waals surface area contributed by atoms with Gasteiger partial charge in [0.2, 0.25) is 0 Å². The van der Waals surface area contributed by atoms with Crippen molar-refractivity contribution in [3.8, 4) is 0 Å². The van der Waals surface area contributed by atoms with Crippen LogP contribution in [0.25, 0.3) is 0 Å². The van der Waals surface area contributed by atoms with Crippen molar-refractivity contribution in [2.24, 2.45) is 11.5 Å². The second-order valence-corrected chi connectivity index (χ2v) is 0.486. The lowest BCUT2D eigenvalue weighted by molar-refractivity contribution is -0.191. The van der Waals surface area contributed by atoms with Crippen LogP contribution in [0.15, 0.2) is 0 Å². The minimum absolute atomic E-state index is 0. The number of carbonyl (C=O) groups is 1. The maximum absolute atomic E-state index is 9.00. The summed E-state index contributed by atoms with van der Waals surface area (Å²) in [7, 11) is 0. The van der Waals surface area contributed by atoms with Crippen molar-refractivity contribution in [2.45, 2.75) is 0 Å². The molecule has 0 saturated carbocycles. The van der Waals surface area contributed by atoms with Crippen LogP contribution >= 0.6 is 0 Å². The molecule has 0 saturated heterocycles. The molecule has 0 unspecified atom stereocenters. The van der Waals surface area contributed by atoms with Gasteiger partial charge < -0.3 is 16.9 Å². The molecule has 2 amide bonds. The Morgan fingerprint density at radius 1 is 1.25 bits per heavy atom. The van der Waals surface area contributed by atoms with Gasteiger partial charge in [0.05, 0.1) is 0 Å². The number of hydrogen-bond donors (Lipinski definition) is 2. The van der Waals surface area contributed by atoms with Gasteiger partial charge in [-0.2, -0.15) is 9.59 Å². The molecule has 0 spiro atoms. The Hall–Kier alpha value is -1.39. The third kappa shape index (κ3) is 31.1. The van der Waals surface area contributed by atoms with Gasteiger partial charge in [-0.05, 0) is 0 Å². The fourth-order valence-corrected chi connectivity index (χ4v) is 0. The van der Waals surface area contributed by atoms with E-state index in [9.17, 15) is 0 Å². The van der Waals surface area contributed by atoms with Gasteiger partial charge in [-0.1, -0.05) is 0 Å². The molecule has 0 aromatic heterocycles. The van der Waals surface area contributed by atoms with Crippen molar-refractivity contribution >= 4 is 12.2 Å². The van der Waals surface area contributed by atoms with Gasteiger partial charge >= 0.3 is 12.2 Å². The van der Waals surface area contributed by atoms with Crippen molar-refractivity contribution < 1.29 is 19.9 Å². The summed E-state index contributed by atoms with van der Waals surface area (Å²) in [5.41, 5.74) is 8.50. The zero-order valence-electron chi connectivity index (χ0n) is 3.88. The van der Waals surface area contributed by atoms with Crippen LogP contribution in [-0.4, -0.2) is 17.7 Å². The summed E-state index contributed by atoms with van der Waals surface area (Å²) in [5, 5.41) is 0. The van der Waals surface area contributed by atoms with Gasteiger partial charge in [0.15, 0.2) is 0 Å². The highest BCUT2D eigenvalue weighted by Gasteiger charge is 1.60. The average molecular weight is 122 g/mol. The van der Waals surface area contributed by atoms with Crippen LogP contribution in [0, 0.1) is 0 Å². The summed E-state index contributed by atoms with van der Waals surface area (Å²) in [5.74, 6) is 0. The van der Waals surface area contributed by atoms with Gasteiger partial charge in [0.25, 0.3) is 0 Å². The molecule has 0 aliphatic rings. The summed E-state index contributed by atoms with van der Waals surface area (Å²) in [4.78, 5) is 25.2. The number of rotatable bonds is 0. The normalized spacial score (nSPS) is 4.00. The van der Waals surface area contributed by atoms with Crippen molar-refractivity contribution in [3.63, 3.8) is 0 Å². The molecular weight excluding hydrogens is 116 g/mol. The SMILES string of the molecule is NC(N)=O.O.O=C=O. The van der Waals surface area contributed by atoms with Gasteiger partial charge in [0, 0.05) is 0 Å². The molecule has 8 heavy (non-hydrogen) atoms. The van der Waals surface area contributed by atoms with E-state index in [2.05, 4.69) is 11.5 Å². The highest BCUT2D eigenvalue weighted by Crippen LogP contribution is 1.25. The van der Waals surface area contributed by atoms with Crippen molar-refractivity contribution in [3.05, 3.63) is 0 Å². The second-order valence-electron chi connectivity index (χ2n) is 0.486. The first-order chi connectivity index (χ1) is 3.15. The smallest absolute Gasteiger partial charge is 0.373 e. The number of hydrogen-bond acceptors (Lipinski definition) is 3. The molecule has 0 aliphatic heterocycles.